The molecule has 1 saturated heterocycles. The molecule has 0 spiro atoms. The molecule has 0 unspecified atom stereocenters. The summed E-state index contributed by atoms with van der Waals surface area (Å²) in [5.74, 6) is -17.2. The van der Waals surface area contributed by atoms with Crippen LogP contribution in [0.3, 0.4) is 0 Å². The van der Waals surface area contributed by atoms with Crippen molar-refractivity contribution in [1.82, 2.24) is 13.9 Å². The number of hydrogen-bond acceptors (Lipinski definition) is 6. The zero-order valence-corrected chi connectivity index (χ0v) is 26.9. The number of para-hydroxylation sites is 1. The Bertz CT molecular complexity index is 2310. The average Bonchev–Trinajstić information content (AvgIpc) is 3.45. The summed E-state index contributed by atoms with van der Waals surface area (Å²) in [6, 6.07) is 10.7. The lowest BCUT2D eigenvalue weighted by atomic mass is 9.66. The number of amides is 2. The molecule has 1 aromatic heterocycles. The summed E-state index contributed by atoms with van der Waals surface area (Å²) in [7, 11) is 1.30. The zero-order valence-electron chi connectivity index (χ0n) is 25.3. The predicted octanol–water partition coefficient (Wildman–Crippen LogP) is 4.95. The fourth-order valence-corrected chi connectivity index (χ4v) is 7.75. The fraction of sp³-hybridized carbons (Fsp3) is 0.212. The van der Waals surface area contributed by atoms with Gasteiger partial charge < -0.3 is 9.84 Å². The highest BCUT2D eigenvalue weighted by Crippen LogP contribution is 2.61. The number of anilines is 1. The molecule has 0 bridgehead atoms. The molecule has 17 heteroatoms. The van der Waals surface area contributed by atoms with E-state index in [2.05, 4.69) is 0 Å². The molecule has 4 atom stereocenters. The van der Waals surface area contributed by atoms with Crippen LogP contribution in [0.2, 0.25) is 0 Å². The highest BCUT2D eigenvalue weighted by molar-refractivity contribution is 6.58. The number of ether oxygens (including phenoxy) is 1. The van der Waals surface area contributed by atoms with Crippen molar-refractivity contribution >= 4 is 46.8 Å². The quantitative estimate of drug-likeness (QED) is 0.0775. The Balaban J connectivity index is 1.46. The molecule has 3 aliphatic rings. The maximum absolute atomic E-state index is 15.2. The number of nitrogens with zero attached hydrogens (tertiary/aromatic N) is 4. The summed E-state index contributed by atoms with van der Waals surface area (Å²) < 4.78 is 81.2. The van der Waals surface area contributed by atoms with Gasteiger partial charge in [-0.25, -0.2) is 50.4 Å². The lowest BCUT2D eigenvalue weighted by molar-refractivity contribution is -0.122. The van der Waals surface area contributed by atoms with Gasteiger partial charge in [0.25, 0.3) is 11.8 Å². The van der Waals surface area contributed by atoms with E-state index in [-0.39, 0.29) is 34.2 Å². The molecule has 1 saturated carbocycles. The van der Waals surface area contributed by atoms with Gasteiger partial charge in [-0.1, -0.05) is 42.5 Å². The Labute approximate surface area is 287 Å². The van der Waals surface area contributed by atoms with E-state index >= 15 is 8.78 Å². The van der Waals surface area contributed by atoms with Crippen molar-refractivity contribution < 1.29 is 41.4 Å². The van der Waals surface area contributed by atoms with Crippen LogP contribution in [-0.4, -0.2) is 47.7 Å². The van der Waals surface area contributed by atoms with Crippen LogP contribution in [0.4, 0.5) is 27.6 Å². The van der Waals surface area contributed by atoms with Gasteiger partial charge in [0.05, 0.1) is 25.4 Å². The average molecular weight is 735 g/mol. The highest BCUT2D eigenvalue weighted by atomic mass is 35.5. The van der Waals surface area contributed by atoms with Crippen molar-refractivity contribution in [3.63, 3.8) is 0 Å². The monoisotopic (exact) mass is 734 g/mol. The molecule has 4 aromatic rings. The maximum Gasteiger partial charge on any atom is 0.352 e. The number of phenols is 1. The normalized spacial score (nSPS) is 24.3. The van der Waals surface area contributed by atoms with Gasteiger partial charge in [-0.3, -0.25) is 9.59 Å². The first-order chi connectivity index (χ1) is 23.7. The van der Waals surface area contributed by atoms with Crippen molar-refractivity contribution in [2.24, 2.45) is 5.92 Å². The van der Waals surface area contributed by atoms with Crippen LogP contribution in [-0.2, 0) is 16.1 Å². The zero-order chi connectivity index (χ0) is 36.0. The van der Waals surface area contributed by atoms with Gasteiger partial charge in [0, 0.05) is 12.3 Å². The van der Waals surface area contributed by atoms with E-state index < -0.39 is 86.1 Å². The van der Waals surface area contributed by atoms with Crippen LogP contribution in [0.15, 0.2) is 75.8 Å². The van der Waals surface area contributed by atoms with E-state index in [9.17, 15) is 37.5 Å². The van der Waals surface area contributed by atoms with Crippen molar-refractivity contribution in [2.45, 2.75) is 28.8 Å². The second kappa shape index (κ2) is 11.5. The van der Waals surface area contributed by atoms with Crippen molar-refractivity contribution in [3.8, 4) is 17.2 Å². The van der Waals surface area contributed by atoms with Crippen molar-refractivity contribution in [3.05, 3.63) is 122 Å². The van der Waals surface area contributed by atoms with Gasteiger partial charge >= 0.3 is 11.4 Å². The van der Waals surface area contributed by atoms with E-state index in [0.717, 1.165) is 13.9 Å². The van der Waals surface area contributed by atoms with Crippen LogP contribution in [0, 0.1) is 35.0 Å². The van der Waals surface area contributed by atoms with Crippen LogP contribution in [0.1, 0.15) is 18.0 Å². The Hall–Kier alpha value is -5.15. The number of allylic oxidation sites excluding steroid dienone is 3. The van der Waals surface area contributed by atoms with Crippen LogP contribution < -0.4 is 21.0 Å². The molecule has 2 aliphatic heterocycles. The van der Waals surface area contributed by atoms with Gasteiger partial charge in [0.2, 0.25) is 5.82 Å². The number of rotatable bonds is 5. The van der Waals surface area contributed by atoms with Crippen LogP contribution >= 0.6 is 23.2 Å². The number of alkyl halides is 2. The largest absolute Gasteiger partial charge is 0.504 e. The van der Waals surface area contributed by atoms with E-state index in [1.165, 1.54) is 55.7 Å². The molecule has 10 nitrogen and oxygen atoms in total. The number of carbonyl (C=O) groups excluding carboxylic acids is 2. The van der Waals surface area contributed by atoms with Gasteiger partial charge in [0.1, 0.15) is 5.69 Å². The van der Waals surface area contributed by atoms with Gasteiger partial charge in [0.15, 0.2) is 44.5 Å². The number of carbonyl (C=O) groups is 2. The Morgan fingerprint density at radius 2 is 1.52 bits per heavy atom. The standard InChI is InChI=1S/C33H21Cl2F5N4O6/c1-50-21-13-15(8-10-20(21)45)7-9-18-17-11-12-41-30(48)42(16-5-3-2-4-6-16)31(49)44(41)19(17)14-32(34)28(46)43(29(47)33(18,32)35)27-25(39)23(37)22(36)24(38)26(27)40/h2-11,13,18-19,45H,12,14H2,1H3/t18-,19+,32+,33-/m0/s1. The summed E-state index contributed by atoms with van der Waals surface area (Å²) >= 11 is 14.1. The van der Waals surface area contributed by atoms with Gasteiger partial charge in [-0.2, -0.15) is 0 Å². The molecule has 2 amide bonds. The highest BCUT2D eigenvalue weighted by Gasteiger charge is 2.75. The third kappa shape index (κ3) is 4.32. The molecule has 3 aromatic carbocycles. The molecular weight excluding hydrogens is 714 g/mol. The number of imide groups is 1. The SMILES string of the molecule is COc1cc(C=C[C@H]2C3=CCn4c(=O)n(-c5ccccc5)c(=O)n4[C@@H]3C[C@@]3(Cl)C(=O)N(c4c(F)c(F)c(F)c(F)c4F)C(=O)[C@@]23Cl)ccc1O. The minimum Gasteiger partial charge on any atom is -0.504 e. The number of hydrogen-bond donors (Lipinski definition) is 1. The fourth-order valence-electron chi connectivity index (χ4n) is 6.88. The number of benzene rings is 3. The molecular formula is C33H21Cl2F5N4O6. The molecule has 0 radical (unpaired) electrons. The van der Waals surface area contributed by atoms with Crippen molar-refractivity contribution in [2.75, 3.05) is 12.0 Å². The topological polar surface area (TPSA) is 116 Å². The maximum atomic E-state index is 15.2. The lowest BCUT2D eigenvalue weighted by Gasteiger charge is -2.47. The number of phenolic OH excluding ortho intramolecular Hbond substituents is 1. The Morgan fingerprint density at radius 3 is 2.16 bits per heavy atom. The van der Waals surface area contributed by atoms with E-state index in [0.29, 0.717) is 5.56 Å². The summed E-state index contributed by atoms with van der Waals surface area (Å²) in [6.07, 6.45) is 3.46. The van der Waals surface area contributed by atoms with E-state index in [1.807, 2.05) is 0 Å². The summed E-state index contributed by atoms with van der Waals surface area (Å²) in [5.41, 5.74) is -2.74. The first kappa shape index (κ1) is 33.4. The Kier molecular flexibility index (Phi) is 7.64. The number of halogens is 7. The van der Waals surface area contributed by atoms with Crippen molar-refractivity contribution in [1.29, 1.82) is 0 Å². The first-order valence-corrected chi connectivity index (χ1v) is 15.5. The van der Waals surface area contributed by atoms with Crippen LogP contribution in [0.25, 0.3) is 11.8 Å². The molecule has 1 N–H and O–H groups in total. The second-order valence-electron chi connectivity index (χ2n) is 11.7. The number of fused-ring (bicyclic) bond motifs is 4. The smallest absolute Gasteiger partial charge is 0.352 e. The summed E-state index contributed by atoms with van der Waals surface area (Å²) in [6.45, 7) is -0.233. The molecule has 50 heavy (non-hydrogen) atoms. The summed E-state index contributed by atoms with van der Waals surface area (Å²) in [4.78, 5) is 50.3. The Morgan fingerprint density at radius 1 is 0.880 bits per heavy atom. The number of methoxy groups -OCH3 is 1. The minimum absolute atomic E-state index is 0.0558. The molecule has 258 valence electrons. The molecule has 3 heterocycles. The third-order valence-corrected chi connectivity index (χ3v) is 10.7. The molecule has 1 aliphatic carbocycles. The first-order valence-electron chi connectivity index (χ1n) is 14.7. The third-order valence-electron chi connectivity index (χ3n) is 9.24. The number of aromatic nitrogens is 3. The van der Waals surface area contributed by atoms with Gasteiger partial charge in [-0.05, 0) is 35.4 Å². The second-order valence-corrected chi connectivity index (χ2v) is 13.0. The van der Waals surface area contributed by atoms with E-state index in [4.69, 9.17) is 27.9 Å². The van der Waals surface area contributed by atoms with E-state index in [1.54, 1.807) is 18.2 Å². The lowest BCUT2D eigenvalue weighted by Crippen LogP contribution is -2.60. The van der Waals surface area contributed by atoms with Crippen LogP contribution in [0.5, 0.6) is 11.5 Å². The predicted molar refractivity (Wildman–Crippen MR) is 169 cm³/mol. The number of aromatic hydroxyl groups is 1. The summed E-state index contributed by atoms with van der Waals surface area (Å²) in [5, 5.41) is 10.0. The minimum atomic E-state index is -2.69. The molecule has 7 rings (SSSR count). The van der Waals surface area contributed by atoms with Gasteiger partial charge in [-0.15, -0.1) is 23.2 Å². The molecule has 2 fully saturated rings.